The smallest absolute Gasteiger partial charge is 0.101 e. The van der Waals surface area contributed by atoms with Gasteiger partial charge in [0.15, 0.2) is 0 Å². The van der Waals surface area contributed by atoms with E-state index in [9.17, 15) is 5.26 Å². The minimum atomic E-state index is 0.420. The van der Waals surface area contributed by atoms with Crippen LogP contribution in [0.5, 0.6) is 0 Å². The lowest BCUT2D eigenvalue weighted by molar-refractivity contribution is 0.337. The molecule has 2 N–H and O–H groups in total. The Morgan fingerprint density at radius 1 is 1.42 bits per heavy atom. The Hall–Kier alpha value is -1.57. The number of likely N-dealkylation sites (N-methyl/N-ethyl adjacent to an activating group) is 1. The molecule has 1 aliphatic rings. The maximum atomic E-state index is 9.35. The van der Waals surface area contributed by atoms with E-state index in [1.54, 1.807) is 0 Å². The average molecular weight is 258 g/mol. The fourth-order valence-electron chi connectivity index (χ4n) is 2.78. The van der Waals surface area contributed by atoms with Crippen LogP contribution in [0.25, 0.3) is 0 Å². The number of nitriles is 1. The summed E-state index contributed by atoms with van der Waals surface area (Å²) in [4.78, 5) is 4.70. The highest BCUT2D eigenvalue weighted by Gasteiger charge is 2.21. The van der Waals surface area contributed by atoms with E-state index in [0.717, 1.165) is 42.9 Å². The number of nitrogens with two attached hydrogens (primary N) is 1. The highest BCUT2D eigenvalue weighted by Crippen LogP contribution is 2.25. The SMILES string of the molecule is CC1CN(C)CCCN1c1ccc(CN)cc1C#N. The van der Waals surface area contributed by atoms with Gasteiger partial charge in [-0.3, -0.25) is 0 Å². The first-order valence-electron chi connectivity index (χ1n) is 6.84. The molecule has 4 nitrogen and oxygen atoms in total. The Balaban J connectivity index is 2.32. The van der Waals surface area contributed by atoms with Crippen LogP contribution >= 0.6 is 0 Å². The zero-order chi connectivity index (χ0) is 13.8. The van der Waals surface area contributed by atoms with Gasteiger partial charge in [-0.15, -0.1) is 0 Å². The molecule has 0 radical (unpaired) electrons. The van der Waals surface area contributed by atoms with E-state index in [0.29, 0.717) is 12.6 Å². The van der Waals surface area contributed by atoms with Crippen LogP contribution in [-0.4, -0.2) is 37.6 Å². The Morgan fingerprint density at radius 2 is 2.21 bits per heavy atom. The van der Waals surface area contributed by atoms with Gasteiger partial charge in [0.05, 0.1) is 11.3 Å². The van der Waals surface area contributed by atoms with Crippen molar-refractivity contribution >= 4 is 5.69 Å². The molecule has 1 saturated heterocycles. The first-order valence-corrected chi connectivity index (χ1v) is 6.84. The van der Waals surface area contributed by atoms with Crippen molar-refractivity contribution in [2.45, 2.75) is 25.9 Å². The number of hydrogen-bond acceptors (Lipinski definition) is 4. The lowest BCUT2D eigenvalue weighted by atomic mass is 10.1. The maximum Gasteiger partial charge on any atom is 0.101 e. The van der Waals surface area contributed by atoms with Gasteiger partial charge in [0.1, 0.15) is 6.07 Å². The number of anilines is 1. The lowest BCUT2D eigenvalue weighted by Crippen LogP contribution is -2.38. The molecule has 0 aliphatic carbocycles. The molecule has 1 fully saturated rings. The van der Waals surface area contributed by atoms with Crippen LogP contribution in [0.2, 0.25) is 0 Å². The summed E-state index contributed by atoms with van der Waals surface area (Å²) in [6, 6.07) is 8.71. The van der Waals surface area contributed by atoms with Crippen LogP contribution in [0, 0.1) is 11.3 Å². The summed E-state index contributed by atoms with van der Waals surface area (Å²) in [5, 5.41) is 9.35. The van der Waals surface area contributed by atoms with Gasteiger partial charge < -0.3 is 15.5 Å². The minimum absolute atomic E-state index is 0.420. The van der Waals surface area contributed by atoms with Crippen LogP contribution in [0.4, 0.5) is 5.69 Å². The Labute approximate surface area is 115 Å². The van der Waals surface area contributed by atoms with Crippen LogP contribution in [0.1, 0.15) is 24.5 Å². The molecule has 4 heteroatoms. The topological polar surface area (TPSA) is 56.3 Å². The molecule has 1 heterocycles. The fourth-order valence-corrected chi connectivity index (χ4v) is 2.78. The van der Waals surface area contributed by atoms with Crippen molar-refractivity contribution < 1.29 is 0 Å². The van der Waals surface area contributed by atoms with Crippen LogP contribution in [0.3, 0.4) is 0 Å². The fraction of sp³-hybridized carbons (Fsp3) is 0.533. The molecule has 0 bridgehead atoms. The molecule has 2 rings (SSSR count). The minimum Gasteiger partial charge on any atom is -0.366 e. The predicted octanol–water partition coefficient (Wildman–Crippen LogP) is 1.55. The molecule has 0 saturated carbocycles. The zero-order valence-corrected chi connectivity index (χ0v) is 11.8. The van der Waals surface area contributed by atoms with Gasteiger partial charge in [0.2, 0.25) is 0 Å². The average Bonchev–Trinajstić information content (AvgIpc) is 2.58. The number of nitrogens with zero attached hydrogens (tertiary/aromatic N) is 3. The summed E-state index contributed by atoms with van der Waals surface area (Å²) in [6.45, 7) is 5.85. The number of benzene rings is 1. The van der Waals surface area contributed by atoms with Gasteiger partial charge in [-0.2, -0.15) is 5.26 Å². The van der Waals surface area contributed by atoms with Crippen molar-refractivity contribution in [1.29, 1.82) is 5.26 Å². The number of rotatable bonds is 2. The van der Waals surface area contributed by atoms with E-state index in [4.69, 9.17) is 5.73 Å². The Kier molecular flexibility index (Phi) is 4.41. The van der Waals surface area contributed by atoms with E-state index < -0.39 is 0 Å². The van der Waals surface area contributed by atoms with Gasteiger partial charge in [0, 0.05) is 25.7 Å². The van der Waals surface area contributed by atoms with E-state index in [-0.39, 0.29) is 0 Å². The summed E-state index contributed by atoms with van der Waals surface area (Å²) in [7, 11) is 2.16. The summed E-state index contributed by atoms with van der Waals surface area (Å²) in [6.07, 6.45) is 1.13. The second-order valence-corrected chi connectivity index (χ2v) is 5.33. The Morgan fingerprint density at radius 3 is 2.89 bits per heavy atom. The molecule has 1 aromatic rings. The van der Waals surface area contributed by atoms with E-state index >= 15 is 0 Å². The van der Waals surface area contributed by atoms with Gasteiger partial charge in [-0.05, 0) is 44.6 Å². The van der Waals surface area contributed by atoms with E-state index in [1.165, 1.54) is 0 Å². The van der Waals surface area contributed by atoms with Crippen molar-refractivity contribution in [3.8, 4) is 6.07 Å². The van der Waals surface area contributed by atoms with Crippen LogP contribution in [-0.2, 0) is 6.54 Å². The van der Waals surface area contributed by atoms with E-state index in [1.807, 2.05) is 18.2 Å². The van der Waals surface area contributed by atoms with Crippen molar-refractivity contribution in [1.82, 2.24) is 4.90 Å². The summed E-state index contributed by atoms with van der Waals surface area (Å²) in [5.41, 5.74) is 8.44. The highest BCUT2D eigenvalue weighted by atomic mass is 15.2. The third-order valence-corrected chi connectivity index (χ3v) is 3.77. The zero-order valence-electron chi connectivity index (χ0n) is 11.8. The molecular formula is C15H22N4. The molecule has 0 spiro atoms. The standard InChI is InChI=1S/C15H22N4/c1-12-11-18(2)6-3-7-19(12)15-5-4-13(9-16)8-14(15)10-17/h4-5,8,12H,3,6-7,9,11,16H2,1-2H3. The normalized spacial score (nSPS) is 20.9. The molecule has 1 atom stereocenters. The third-order valence-electron chi connectivity index (χ3n) is 3.77. The van der Waals surface area contributed by atoms with Gasteiger partial charge in [-0.25, -0.2) is 0 Å². The maximum absolute atomic E-state index is 9.35. The Bertz CT molecular complexity index is 478. The molecule has 19 heavy (non-hydrogen) atoms. The van der Waals surface area contributed by atoms with Crippen LogP contribution in [0.15, 0.2) is 18.2 Å². The second kappa shape index (κ2) is 6.05. The van der Waals surface area contributed by atoms with Gasteiger partial charge >= 0.3 is 0 Å². The lowest BCUT2D eigenvalue weighted by Gasteiger charge is -2.31. The summed E-state index contributed by atoms with van der Waals surface area (Å²) in [5.74, 6) is 0. The predicted molar refractivity (Wildman–Crippen MR) is 78.0 cm³/mol. The first-order chi connectivity index (χ1) is 9.15. The molecule has 0 aromatic heterocycles. The van der Waals surface area contributed by atoms with Crippen molar-refractivity contribution in [2.75, 3.05) is 31.6 Å². The highest BCUT2D eigenvalue weighted by molar-refractivity contribution is 5.61. The number of hydrogen-bond donors (Lipinski definition) is 1. The summed E-state index contributed by atoms with van der Waals surface area (Å²) >= 11 is 0. The van der Waals surface area contributed by atoms with Crippen molar-refractivity contribution in [3.63, 3.8) is 0 Å². The molecular weight excluding hydrogens is 236 g/mol. The van der Waals surface area contributed by atoms with Crippen molar-refractivity contribution in [3.05, 3.63) is 29.3 Å². The molecule has 1 aromatic carbocycles. The molecule has 102 valence electrons. The van der Waals surface area contributed by atoms with Crippen molar-refractivity contribution in [2.24, 2.45) is 5.73 Å². The molecule has 0 amide bonds. The monoisotopic (exact) mass is 258 g/mol. The first kappa shape index (κ1) is 13.9. The molecule has 1 unspecified atom stereocenters. The van der Waals surface area contributed by atoms with Gasteiger partial charge in [-0.1, -0.05) is 6.07 Å². The second-order valence-electron chi connectivity index (χ2n) is 5.33. The molecule has 1 aliphatic heterocycles. The summed E-state index contributed by atoms with van der Waals surface area (Å²) < 4.78 is 0. The largest absolute Gasteiger partial charge is 0.366 e. The van der Waals surface area contributed by atoms with Crippen LogP contribution < -0.4 is 10.6 Å². The third kappa shape index (κ3) is 3.06. The van der Waals surface area contributed by atoms with Gasteiger partial charge in [0.25, 0.3) is 0 Å². The van der Waals surface area contributed by atoms with E-state index in [2.05, 4.69) is 29.8 Å². The quantitative estimate of drug-likeness (QED) is 0.874.